The molecule has 0 unspecified atom stereocenters. The molecule has 0 saturated carbocycles. The van der Waals surface area contributed by atoms with Crippen LogP contribution in [0.5, 0.6) is 0 Å². The van der Waals surface area contributed by atoms with Crippen LogP contribution in [-0.4, -0.2) is 18.7 Å². The third kappa shape index (κ3) is 4.84. The van der Waals surface area contributed by atoms with E-state index in [-0.39, 0.29) is 17.7 Å². The Labute approximate surface area is 222 Å². The van der Waals surface area contributed by atoms with Gasteiger partial charge in [0.15, 0.2) is 11.2 Å². The van der Waals surface area contributed by atoms with Gasteiger partial charge in [0.2, 0.25) is 0 Å². The largest absolute Gasteiger partial charge is 0.337 e. The lowest BCUT2D eigenvalue weighted by Crippen LogP contribution is -2.40. The standard InChI is InChI=1S/C28H23Cl2FN4O2/c1-17(2)20-6-10-22(11-7-20)35-26-25(33(16-32-26)14-19-5-12-23(29)24(30)13-19)27(36)34(28(35)37)15-18-3-8-21(31)9-4-18/h3-13,16-17H,14-15H2,1-2H3. The zero-order valence-corrected chi connectivity index (χ0v) is 21.7. The molecule has 2 heterocycles. The van der Waals surface area contributed by atoms with Crippen LogP contribution in [0.3, 0.4) is 0 Å². The Balaban J connectivity index is 1.72. The van der Waals surface area contributed by atoms with Crippen LogP contribution in [-0.2, 0) is 13.1 Å². The molecular weight excluding hydrogens is 514 g/mol. The van der Waals surface area contributed by atoms with Gasteiger partial charge in [-0.1, -0.05) is 67.4 Å². The van der Waals surface area contributed by atoms with Gasteiger partial charge in [0, 0.05) is 6.54 Å². The van der Waals surface area contributed by atoms with Crippen molar-refractivity contribution in [1.82, 2.24) is 18.7 Å². The summed E-state index contributed by atoms with van der Waals surface area (Å²) in [5, 5.41) is 0.834. The zero-order valence-electron chi connectivity index (χ0n) is 20.2. The first kappa shape index (κ1) is 25.0. The molecule has 0 saturated heterocycles. The lowest BCUT2D eigenvalue weighted by atomic mass is 10.0. The van der Waals surface area contributed by atoms with Crippen LogP contribution in [0.15, 0.2) is 82.6 Å². The van der Waals surface area contributed by atoms with Crippen molar-refractivity contribution in [3.63, 3.8) is 0 Å². The zero-order chi connectivity index (χ0) is 26.3. The van der Waals surface area contributed by atoms with Gasteiger partial charge in [-0.15, -0.1) is 0 Å². The SMILES string of the molecule is CC(C)c1ccc(-n2c(=O)n(Cc3ccc(F)cc3)c(=O)c3c2ncn3Cc2ccc(Cl)c(Cl)c2)cc1. The van der Waals surface area contributed by atoms with E-state index < -0.39 is 17.1 Å². The molecule has 0 bridgehead atoms. The Morgan fingerprint density at radius 3 is 2.19 bits per heavy atom. The summed E-state index contributed by atoms with van der Waals surface area (Å²) in [6, 6.07) is 18.6. The van der Waals surface area contributed by atoms with Crippen molar-refractivity contribution < 1.29 is 4.39 Å². The highest BCUT2D eigenvalue weighted by Gasteiger charge is 2.20. The van der Waals surface area contributed by atoms with E-state index in [1.165, 1.54) is 23.0 Å². The quantitative estimate of drug-likeness (QED) is 0.266. The normalized spacial score (nSPS) is 11.5. The summed E-state index contributed by atoms with van der Waals surface area (Å²) in [6.07, 6.45) is 1.54. The molecule has 6 nitrogen and oxygen atoms in total. The smallest absolute Gasteiger partial charge is 0.320 e. The highest BCUT2D eigenvalue weighted by atomic mass is 35.5. The van der Waals surface area contributed by atoms with E-state index in [1.54, 1.807) is 28.8 Å². The molecular formula is C28H23Cl2FN4O2. The number of imidazole rings is 1. The molecule has 5 rings (SSSR count). The molecule has 0 spiro atoms. The average molecular weight is 537 g/mol. The molecule has 0 amide bonds. The second kappa shape index (κ2) is 10.00. The topological polar surface area (TPSA) is 61.8 Å². The van der Waals surface area contributed by atoms with Gasteiger partial charge in [-0.2, -0.15) is 0 Å². The van der Waals surface area contributed by atoms with Gasteiger partial charge in [0.05, 0.1) is 28.6 Å². The summed E-state index contributed by atoms with van der Waals surface area (Å²) in [6.45, 7) is 4.46. The van der Waals surface area contributed by atoms with E-state index in [4.69, 9.17) is 23.2 Å². The fraction of sp³-hybridized carbons (Fsp3) is 0.179. The Kier molecular flexibility index (Phi) is 6.75. The Hall–Kier alpha value is -3.68. The molecule has 0 aliphatic heterocycles. The maximum atomic E-state index is 13.7. The van der Waals surface area contributed by atoms with E-state index in [0.717, 1.165) is 15.7 Å². The summed E-state index contributed by atoms with van der Waals surface area (Å²) in [7, 11) is 0. The fourth-order valence-electron chi connectivity index (χ4n) is 4.29. The van der Waals surface area contributed by atoms with Crippen LogP contribution in [0.1, 0.15) is 36.5 Å². The van der Waals surface area contributed by atoms with E-state index in [2.05, 4.69) is 18.8 Å². The number of rotatable bonds is 6. The molecule has 0 atom stereocenters. The highest BCUT2D eigenvalue weighted by Crippen LogP contribution is 2.24. The summed E-state index contributed by atoms with van der Waals surface area (Å²) < 4.78 is 17.8. The third-order valence-electron chi connectivity index (χ3n) is 6.31. The van der Waals surface area contributed by atoms with E-state index in [9.17, 15) is 14.0 Å². The maximum Gasteiger partial charge on any atom is 0.337 e. The van der Waals surface area contributed by atoms with Gasteiger partial charge in [0.25, 0.3) is 5.56 Å². The maximum absolute atomic E-state index is 13.7. The van der Waals surface area contributed by atoms with Crippen molar-refractivity contribution in [2.24, 2.45) is 0 Å². The number of aromatic nitrogens is 4. The lowest BCUT2D eigenvalue weighted by Gasteiger charge is -2.14. The van der Waals surface area contributed by atoms with E-state index >= 15 is 0 Å². The van der Waals surface area contributed by atoms with Gasteiger partial charge < -0.3 is 4.57 Å². The van der Waals surface area contributed by atoms with Crippen molar-refractivity contribution in [2.75, 3.05) is 0 Å². The number of fused-ring (bicyclic) bond motifs is 1. The molecule has 188 valence electrons. The predicted octanol–water partition coefficient (Wildman–Crippen LogP) is 6.01. The van der Waals surface area contributed by atoms with Crippen LogP contribution < -0.4 is 11.2 Å². The van der Waals surface area contributed by atoms with Crippen molar-refractivity contribution >= 4 is 34.4 Å². The fourth-order valence-corrected chi connectivity index (χ4v) is 4.61. The van der Waals surface area contributed by atoms with Crippen molar-refractivity contribution in [1.29, 1.82) is 0 Å². The predicted molar refractivity (Wildman–Crippen MR) is 145 cm³/mol. The number of hydrogen-bond donors (Lipinski definition) is 0. The van der Waals surface area contributed by atoms with E-state index in [1.807, 2.05) is 30.3 Å². The summed E-state index contributed by atoms with van der Waals surface area (Å²) in [5.74, 6) is -0.0717. The second-order valence-electron chi connectivity index (χ2n) is 9.18. The van der Waals surface area contributed by atoms with Crippen LogP contribution in [0, 0.1) is 5.82 Å². The number of benzene rings is 3. The molecule has 0 fully saturated rings. The second-order valence-corrected chi connectivity index (χ2v) is 9.99. The Bertz CT molecular complexity index is 1720. The van der Waals surface area contributed by atoms with Crippen LogP contribution in [0.4, 0.5) is 4.39 Å². The molecule has 0 N–H and O–H groups in total. The van der Waals surface area contributed by atoms with E-state index in [0.29, 0.717) is 33.8 Å². The monoisotopic (exact) mass is 536 g/mol. The summed E-state index contributed by atoms with van der Waals surface area (Å²) in [4.78, 5) is 31.9. The molecule has 3 aromatic carbocycles. The van der Waals surface area contributed by atoms with Crippen molar-refractivity contribution in [2.45, 2.75) is 32.9 Å². The Morgan fingerprint density at radius 1 is 0.865 bits per heavy atom. The molecule has 0 radical (unpaired) electrons. The lowest BCUT2D eigenvalue weighted by molar-refractivity contribution is 0.624. The molecule has 9 heteroatoms. The molecule has 37 heavy (non-hydrogen) atoms. The average Bonchev–Trinajstić information content (AvgIpc) is 3.28. The van der Waals surface area contributed by atoms with Crippen LogP contribution in [0.2, 0.25) is 10.0 Å². The molecule has 2 aromatic heterocycles. The first-order chi connectivity index (χ1) is 17.7. The summed E-state index contributed by atoms with van der Waals surface area (Å²) >= 11 is 12.3. The first-order valence-corrected chi connectivity index (χ1v) is 12.5. The van der Waals surface area contributed by atoms with Gasteiger partial charge in [0.1, 0.15) is 5.82 Å². The minimum atomic E-state index is -0.529. The van der Waals surface area contributed by atoms with Gasteiger partial charge in [-0.05, 0) is 59.0 Å². The van der Waals surface area contributed by atoms with Crippen molar-refractivity contribution in [3.8, 4) is 5.69 Å². The number of hydrogen-bond acceptors (Lipinski definition) is 3. The van der Waals surface area contributed by atoms with Gasteiger partial charge >= 0.3 is 5.69 Å². The third-order valence-corrected chi connectivity index (χ3v) is 7.05. The van der Waals surface area contributed by atoms with Gasteiger partial charge in [-0.25, -0.2) is 18.7 Å². The van der Waals surface area contributed by atoms with Crippen molar-refractivity contribution in [3.05, 3.63) is 126 Å². The highest BCUT2D eigenvalue weighted by molar-refractivity contribution is 6.42. The molecule has 0 aliphatic rings. The number of nitrogens with zero attached hydrogens (tertiary/aromatic N) is 4. The Morgan fingerprint density at radius 2 is 1.54 bits per heavy atom. The minimum Gasteiger partial charge on any atom is -0.320 e. The minimum absolute atomic E-state index is 0.0179. The summed E-state index contributed by atoms with van der Waals surface area (Å²) in [5.41, 5.74) is 2.65. The van der Waals surface area contributed by atoms with Crippen LogP contribution >= 0.6 is 23.2 Å². The van der Waals surface area contributed by atoms with Crippen LogP contribution in [0.25, 0.3) is 16.9 Å². The molecule has 5 aromatic rings. The van der Waals surface area contributed by atoms with Gasteiger partial charge in [-0.3, -0.25) is 9.36 Å². The first-order valence-electron chi connectivity index (χ1n) is 11.7. The molecule has 0 aliphatic carbocycles. The number of halogens is 3.